The second kappa shape index (κ2) is 7.55. The summed E-state index contributed by atoms with van der Waals surface area (Å²) in [6.07, 6.45) is 1.38. The van der Waals surface area contributed by atoms with Gasteiger partial charge >= 0.3 is 0 Å². The van der Waals surface area contributed by atoms with Gasteiger partial charge in [0.15, 0.2) is 0 Å². The van der Waals surface area contributed by atoms with Crippen molar-refractivity contribution in [1.82, 2.24) is 5.43 Å². The highest BCUT2D eigenvalue weighted by molar-refractivity contribution is 14.1. The van der Waals surface area contributed by atoms with Gasteiger partial charge in [-0.2, -0.15) is 0 Å². The van der Waals surface area contributed by atoms with Gasteiger partial charge in [-0.25, -0.2) is 5.01 Å². The van der Waals surface area contributed by atoms with Gasteiger partial charge in [0.1, 0.15) is 17.1 Å². The van der Waals surface area contributed by atoms with Gasteiger partial charge in [0.25, 0.3) is 11.8 Å². The normalized spacial score (nSPS) is 15.1. The van der Waals surface area contributed by atoms with Crippen LogP contribution >= 0.6 is 22.6 Å². The first-order valence-corrected chi connectivity index (χ1v) is 9.54. The first kappa shape index (κ1) is 18.9. The summed E-state index contributed by atoms with van der Waals surface area (Å²) in [6, 6.07) is 16.5. The number of amides is 2. The fourth-order valence-electron chi connectivity index (χ4n) is 2.83. The number of anilines is 1. The maximum Gasteiger partial charge on any atom is 0.282 e. The smallest absolute Gasteiger partial charge is 0.282 e. The lowest BCUT2D eigenvalue weighted by atomic mass is 10.1. The van der Waals surface area contributed by atoms with Crippen LogP contribution in [0.1, 0.15) is 16.1 Å². The third kappa shape index (κ3) is 3.79. The molecule has 0 bridgehead atoms. The Hall–Kier alpha value is -3.40. The van der Waals surface area contributed by atoms with Crippen molar-refractivity contribution in [2.45, 2.75) is 0 Å². The molecule has 1 aliphatic heterocycles. The Morgan fingerprint density at radius 2 is 1.69 bits per heavy atom. The number of aromatic carboxylic acids is 1. The molecule has 0 aliphatic carbocycles. The second-order valence-electron chi connectivity index (χ2n) is 6.18. The standard InChI is InChI=1S/C21H13IN2O5/c22-14-5-7-15(8-6-14)24-20(26)17(19(25)23-24)11-16-9-10-18(29-16)12-1-3-13(4-2-12)21(27)28/h1-11H,(H,23,25)(H,27,28)/p-1/b17-11-. The Bertz CT molecular complexity index is 1150. The third-order valence-electron chi connectivity index (χ3n) is 4.29. The van der Waals surface area contributed by atoms with E-state index in [0.29, 0.717) is 22.8 Å². The molecule has 2 aromatic carbocycles. The monoisotopic (exact) mass is 499 g/mol. The van der Waals surface area contributed by atoms with Crippen LogP contribution in [-0.4, -0.2) is 17.8 Å². The number of nitrogens with zero attached hydrogens (tertiary/aromatic N) is 1. The number of carbonyl (C=O) groups excluding carboxylic acids is 3. The first-order chi connectivity index (χ1) is 13.9. The summed E-state index contributed by atoms with van der Waals surface area (Å²) < 4.78 is 6.70. The zero-order valence-electron chi connectivity index (χ0n) is 14.7. The summed E-state index contributed by atoms with van der Waals surface area (Å²) in [6.45, 7) is 0. The highest BCUT2D eigenvalue weighted by Crippen LogP contribution is 2.26. The Morgan fingerprint density at radius 1 is 1.00 bits per heavy atom. The molecule has 3 aromatic rings. The largest absolute Gasteiger partial charge is 0.545 e. The summed E-state index contributed by atoms with van der Waals surface area (Å²) in [7, 11) is 0. The topological polar surface area (TPSA) is 103 Å². The molecule has 7 nitrogen and oxygen atoms in total. The molecule has 4 rings (SSSR count). The molecular weight excluding hydrogens is 487 g/mol. The number of carboxylic acids is 1. The molecule has 144 valence electrons. The number of halogens is 1. The fourth-order valence-corrected chi connectivity index (χ4v) is 3.19. The minimum atomic E-state index is -1.26. The number of benzene rings is 2. The molecule has 29 heavy (non-hydrogen) atoms. The molecule has 2 heterocycles. The van der Waals surface area contributed by atoms with Gasteiger partial charge in [-0.3, -0.25) is 15.0 Å². The molecule has 0 saturated carbocycles. The first-order valence-electron chi connectivity index (χ1n) is 8.47. The minimum Gasteiger partial charge on any atom is -0.545 e. The second-order valence-corrected chi connectivity index (χ2v) is 7.43. The average Bonchev–Trinajstić information content (AvgIpc) is 3.29. The lowest BCUT2D eigenvalue weighted by Gasteiger charge is -2.14. The van der Waals surface area contributed by atoms with Crippen molar-refractivity contribution in [3.63, 3.8) is 0 Å². The molecule has 0 atom stereocenters. The summed E-state index contributed by atoms with van der Waals surface area (Å²) in [5.41, 5.74) is 3.76. The van der Waals surface area contributed by atoms with Crippen LogP contribution < -0.4 is 15.5 Å². The van der Waals surface area contributed by atoms with Gasteiger partial charge < -0.3 is 14.3 Å². The number of furan rings is 1. The molecule has 0 unspecified atom stereocenters. The van der Waals surface area contributed by atoms with E-state index in [1.54, 1.807) is 36.4 Å². The van der Waals surface area contributed by atoms with Crippen molar-refractivity contribution in [2.75, 3.05) is 5.01 Å². The third-order valence-corrected chi connectivity index (χ3v) is 5.01. The molecule has 1 aliphatic rings. The zero-order valence-corrected chi connectivity index (χ0v) is 16.9. The van der Waals surface area contributed by atoms with E-state index < -0.39 is 17.8 Å². The van der Waals surface area contributed by atoms with Gasteiger partial charge in [-0.05, 0) is 70.6 Å². The van der Waals surface area contributed by atoms with Crippen LogP contribution in [0.4, 0.5) is 5.69 Å². The van der Waals surface area contributed by atoms with Gasteiger partial charge in [0.05, 0.1) is 11.7 Å². The van der Waals surface area contributed by atoms with E-state index in [4.69, 9.17) is 4.42 Å². The molecule has 1 fully saturated rings. The molecule has 0 spiro atoms. The van der Waals surface area contributed by atoms with Gasteiger partial charge in [0.2, 0.25) is 0 Å². The highest BCUT2D eigenvalue weighted by atomic mass is 127. The Balaban J connectivity index is 1.58. The minimum absolute atomic E-state index is 0.0447. The SMILES string of the molecule is O=C1NN(c2ccc(I)cc2)C(=O)/C1=C\c1ccc(-c2ccc(C(=O)[O-])cc2)o1. The van der Waals surface area contributed by atoms with Crippen LogP contribution in [0.25, 0.3) is 17.4 Å². The number of hydrogen-bond donors (Lipinski definition) is 1. The van der Waals surface area contributed by atoms with Gasteiger partial charge in [-0.15, -0.1) is 0 Å². The maximum absolute atomic E-state index is 12.7. The van der Waals surface area contributed by atoms with E-state index in [0.717, 1.165) is 3.57 Å². The van der Waals surface area contributed by atoms with Crippen LogP contribution in [0.5, 0.6) is 0 Å². The van der Waals surface area contributed by atoms with E-state index in [1.165, 1.54) is 23.2 Å². The van der Waals surface area contributed by atoms with E-state index >= 15 is 0 Å². The molecule has 8 heteroatoms. The van der Waals surface area contributed by atoms with Crippen LogP contribution in [0.3, 0.4) is 0 Å². The predicted octanol–water partition coefficient (Wildman–Crippen LogP) is 2.38. The molecule has 2 amide bonds. The lowest BCUT2D eigenvalue weighted by Crippen LogP contribution is -2.35. The summed E-state index contributed by atoms with van der Waals surface area (Å²) in [5, 5.41) is 12.0. The quantitative estimate of drug-likeness (QED) is 0.338. The molecular formula is C21H12IN2O5-. The number of hydrazine groups is 1. The van der Waals surface area contributed by atoms with Gasteiger partial charge in [-0.1, -0.05) is 24.3 Å². The van der Waals surface area contributed by atoms with Crippen LogP contribution in [0.15, 0.2) is 70.7 Å². The Kier molecular flexibility index (Phi) is 4.93. The number of nitrogens with one attached hydrogen (secondary N) is 1. The van der Waals surface area contributed by atoms with Crippen LogP contribution in [-0.2, 0) is 9.59 Å². The number of rotatable bonds is 4. The molecule has 1 aromatic heterocycles. The molecule has 0 radical (unpaired) electrons. The van der Waals surface area contributed by atoms with Crippen LogP contribution in [0.2, 0.25) is 0 Å². The van der Waals surface area contributed by atoms with Crippen molar-refractivity contribution < 1.29 is 23.9 Å². The number of carboxylic acid groups (broad SMARTS) is 1. The Morgan fingerprint density at radius 3 is 2.34 bits per heavy atom. The predicted molar refractivity (Wildman–Crippen MR) is 111 cm³/mol. The van der Waals surface area contributed by atoms with Crippen molar-refractivity contribution in [3.05, 3.63) is 81.1 Å². The van der Waals surface area contributed by atoms with Crippen molar-refractivity contribution in [3.8, 4) is 11.3 Å². The van der Waals surface area contributed by atoms with Crippen molar-refractivity contribution >= 4 is 52.1 Å². The fraction of sp³-hybridized carbons (Fsp3) is 0. The Labute approximate surface area is 178 Å². The maximum atomic E-state index is 12.7. The molecule has 1 N–H and O–H groups in total. The van der Waals surface area contributed by atoms with Crippen molar-refractivity contribution in [2.24, 2.45) is 0 Å². The summed E-state index contributed by atoms with van der Waals surface area (Å²) >= 11 is 2.15. The van der Waals surface area contributed by atoms with Crippen molar-refractivity contribution in [1.29, 1.82) is 0 Å². The summed E-state index contributed by atoms with van der Waals surface area (Å²) in [5.74, 6) is -1.46. The van der Waals surface area contributed by atoms with Gasteiger partial charge in [0, 0.05) is 9.13 Å². The highest BCUT2D eigenvalue weighted by Gasteiger charge is 2.34. The summed E-state index contributed by atoms with van der Waals surface area (Å²) in [4.78, 5) is 35.8. The number of hydrogen-bond acceptors (Lipinski definition) is 5. The van der Waals surface area contributed by atoms with Crippen LogP contribution in [0, 0.1) is 3.57 Å². The van der Waals surface area contributed by atoms with E-state index in [2.05, 4.69) is 28.0 Å². The average molecular weight is 499 g/mol. The van der Waals surface area contributed by atoms with E-state index in [-0.39, 0.29) is 11.1 Å². The molecule has 1 saturated heterocycles. The van der Waals surface area contributed by atoms with E-state index in [1.807, 2.05) is 12.1 Å². The zero-order chi connectivity index (χ0) is 20.5. The lowest BCUT2D eigenvalue weighted by molar-refractivity contribution is -0.255. The number of carbonyl (C=O) groups is 3. The van der Waals surface area contributed by atoms with E-state index in [9.17, 15) is 19.5 Å².